The molecule has 1 atom stereocenters. The first-order chi connectivity index (χ1) is 14.8. The molecule has 5 rings (SSSR count). The minimum atomic E-state index is 0.472. The highest BCUT2D eigenvalue weighted by Crippen LogP contribution is 2.31. The van der Waals surface area contributed by atoms with Gasteiger partial charge >= 0.3 is 0 Å². The van der Waals surface area contributed by atoms with Crippen LogP contribution < -0.4 is 4.74 Å². The minimum absolute atomic E-state index is 0.472. The van der Waals surface area contributed by atoms with Gasteiger partial charge in [-0.1, -0.05) is 35.6 Å². The predicted octanol–water partition coefficient (Wildman–Crippen LogP) is 4.43. The molecule has 2 saturated heterocycles. The fourth-order valence-electron chi connectivity index (χ4n) is 4.28. The Bertz CT molecular complexity index is 911. The van der Waals surface area contributed by atoms with Gasteiger partial charge < -0.3 is 14.4 Å². The highest BCUT2D eigenvalue weighted by atomic mass is 32.1. The summed E-state index contributed by atoms with van der Waals surface area (Å²) >= 11 is 1.58. The third kappa shape index (κ3) is 5.01. The van der Waals surface area contributed by atoms with Gasteiger partial charge in [0.1, 0.15) is 5.75 Å². The molecule has 0 N–H and O–H groups in total. The fraction of sp³-hybridized carbons (Fsp3) is 0.458. The highest BCUT2D eigenvalue weighted by Gasteiger charge is 2.22. The molecule has 3 aromatic rings. The van der Waals surface area contributed by atoms with Crippen molar-refractivity contribution in [3.63, 3.8) is 0 Å². The molecule has 0 bridgehead atoms. The zero-order chi connectivity index (χ0) is 20.2. The number of hydrogen-bond acceptors (Lipinski definition) is 6. The van der Waals surface area contributed by atoms with Crippen LogP contribution in [-0.4, -0.2) is 66.8 Å². The van der Waals surface area contributed by atoms with Crippen molar-refractivity contribution in [3.8, 4) is 10.9 Å². The Morgan fingerprint density at radius 3 is 2.57 bits per heavy atom. The summed E-state index contributed by atoms with van der Waals surface area (Å²) in [4.78, 5) is 9.69. The number of para-hydroxylation sites is 1. The molecule has 0 saturated carbocycles. The van der Waals surface area contributed by atoms with E-state index in [1.807, 2.05) is 18.2 Å². The first kappa shape index (κ1) is 19.9. The monoisotopic (exact) mass is 423 g/mol. The van der Waals surface area contributed by atoms with Crippen LogP contribution >= 0.6 is 11.3 Å². The average Bonchev–Trinajstić information content (AvgIpc) is 3.43. The lowest BCUT2D eigenvalue weighted by atomic mass is 10.1. The molecule has 2 aliphatic rings. The highest BCUT2D eigenvalue weighted by molar-refractivity contribution is 7.20. The second kappa shape index (κ2) is 9.43. The van der Waals surface area contributed by atoms with Crippen LogP contribution in [0.15, 0.2) is 48.5 Å². The molecule has 0 amide bonds. The van der Waals surface area contributed by atoms with Crippen molar-refractivity contribution in [2.75, 3.05) is 45.9 Å². The maximum absolute atomic E-state index is 5.96. The predicted molar refractivity (Wildman–Crippen MR) is 122 cm³/mol. The van der Waals surface area contributed by atoms with Gasteiger partial charge in [0.2, 0.25) is 0 Å². The zero-order valence-electron chi connectivity index (χ0n) is 17.3. The Labute approximate surface area is 182 Å². The summed E-state index contributed by atoms with van der Waals surface area (Å²) in [7, 11) is 0. The SMILES string of the molecule is c1ccc2sc(Oc3ccc(CCN4CCN(C[C@@H]5CCCO5)CC4)cc3)nc2c1. The number of piperazine rings is 1. The fourth-order valence-corrected chi connectivity index (χ4v) is 5.11. The molecule has 30 heavy (non-hydrogen) atoms. The summed E-state index contributed by atoms with van der Waals surface area (Å²) in [6.45, 7) is 7.82. The second-order valence-electron chi connectivity index (χ2n) is 8.22. The maximum Gasteiger partial charge on any atom is 0.279 e. The lowest BCUT2D eigenvalue weighted by Crippen LogP contribution is -2.48. The van der Waals surface area contributed by atoms with Crippen molar-refractivity contribution < 1.29 is 9.47 Å². The summed E-state index contributed by atoms with van der Waals surface area (Å²) in [6, 6.07) is 16.6. The van der Waals surface area contributed by atoms with Crippen LogP contribution in [0.25, 0.3) is 10.2 Å². The van der Waals surface area contributed by atoms with E-state index >= 15 is 0 Å². The van der Waals surface area contributed by atoms with E-state index in [0.717, 1.165) is 68.3 Å². The Kier molecular flexibility index (Phi) is 6.27. The number of hydrogen-bond donors (Lipinski definition) is 0. The van der Waals surface area contributed by atoms with Crippen LogP contribution in [-0.2, 0) is 11.2 Å². The normalized spacial score (nSPS) is 20.7. The molecule has 2 fully saturated rings. The summed E-state index contributed by atoms with van der Waals surface area (Å²) in [6.07, 6.45) is 4.02. The van der Waals surface area contributed by atoms with E-state index in [1.165, 1.54) is 18.4 Å². The van der Waals surface area contributed by atoms with Crippen molar-refractivity contribution in [2.24, 2.45) is 0 Å². The minimum Gasteiger partial charge on any atom is -0.431 e. The van der Waals surface area contributed by atoms with Crippen LogP contribution in [0.1, 0.15) is 18.4 Å². The van der Waals surface area contributed by atoms with Crippen molar-refractivity contribution >= 4 is 21.6 Å². The molecule has 0 aliphatic carbocycles. The van der Waals surface area contributed by atoms with E-state index in [1.54, 1.807) is 11.3 Å². The van der Waals surface area contributed by atoms with Gasteiger partial charge in [-0.3, -0.25) is 4.90 Å². The van der Waals surface area contributed by atoms with E-state index in [2.05, 4.69) is 45.1 Å². The largest absolute Gasteiger partial charge is 0.431 e. The quantitative estimate of drug-likeness (QED) is 0.562. The topological polar surface area (TPSA) is 37.8 Å². The summed E-state index contributed by atoms with van der Waals surface area (Å²) < 4.78 is 12.9. The Morgan fingerprint density at radius 2 is 1.80 bits per heavy atom. The number of fused-ring (bicyclic) bond motifs is 1. The molecule has 5 nitrogen and oxygen atoms in total. The van der Waals surface area contributed by atoms with E-state index in [4.69, 9.17) is 9.47 Å². The molecule has 158 valence electrons. The number of benzene rings is 2. The molecule has 0 spiro atoms. The zero-order valence-corrected chi connectivity index (χ0v) is 18.2. The second-order valence-corrected chi connectivity index (χ2v) is 9.21. The Balaban J connectivity index is 1.07. The van der Waals surface area contributed by atoms with Gasteiger partial charge in [0.25, 0.3) is 5.19 Å². The van der Waals surface area contributed by atoms with Crippen molar-refractivity contribution in [2.45, 2.75) is 25.4 Å². The number of rotatable bonds is 7. The van der Waals surface area contributed by atoms with Gasteiger partial charge in [0.15, 0.2) is 0 Å². The van der Waals surface area contributed by atoms with Crippen LogP contribution in [0.3, 0.4) is 0 Å². The number of nitrogens with zero attached hydrogens (tertiary/aromatic N) is 3. The molecular weight excluding hydrogens is 394 g/mol. The standard InChI is InChI=1S/C24H29N3O2S/c1-2-6-23-22(5-1)25-24(30-23)29-20-9-7-19(8-10-20)11-12-26-13-15-27(16-14-26)18-21-4-3-17-28-21/h1-2,5-10,21H,3-4,11-18H2/t21-/m0/s1. The molecule has 0 radical (unpaired) electrons. The Hall–Kier alpha value is -1.99. The van der Waals surface area contributed by atoms with Crippen LogP contribution in [0.2, 0.25) is 0 Å². The van der Waals surface area contributed by atoms with E-state index < -0.39 is 0 Å². The van der Waals surface area contributed by atoms with Crippen molar-refractivity contribution in [3.05, 3.63) is 54.1 Å². The molecule has 3 heterocycles. The van der Waals surface area contributed by atoms with Gasteiger partial charge in [0.05, 0.1) is 16.3 Å². The lowest BCUT2D eigenvalue weighted by molar-refractivity contribution is 0.0507. The molecule has 2 aliphatic heterocycles. The maximum atomic E-state index is 5.96. The first-order valence-corrected chi connectivity index (χ1v) is 11.8. The van der Waals surface area contributed by atoms with Gasteiger partial charge in [-0.25, -0.2) is 4.98 Å². The molecule has 0 unspecified atom stereocenters. The number of aromatic nitrogens is 1. The van der Waals surface area contributed by atoms with Crippen molar-refractivity contribution in [1.82, 2.24) is 14.8 Å². The van der Waals surface area contributed by atoms with Gasteiger partial charge in [0, 0.05) is 45.9 Å². The molecule has 1 aromatic heterocycles. The Morgan fingerprint density at radius 1 is 1.00 bits per heavy atom. The third-order valence-corrected chi connectivity index (χ3v) is 6.98. The smallest absolute Gasteiger partial charge is 0.279 e. The van der Waals surface area contributed by atoms with Crippen LogP contribution in [0.5, 0.6) is 10.9 Å². The van der Waals surface area contributed by atoms with E-state index in [9.17, 15) is 0 Å². The number of thiazole rings is 1. The lowest BCUT2D eigenvalue weighted by Gasteiger charge is -2.35. The van der Waals surface area contributed by atoms with E-state index in [0.29, 0.717) is 11.3 Å². The summed E-state index contributed by atoms with van der Waals surface area (Å²) in [5.74, 6) is 0.848. The van der Waals surface area contributed by atoms with Crippen molar-refractivity contribution in [1.29, 1.82) is 0 Å². The van der Waals surface area contributed by atoms with Gasteiger partial charge in [-0.15, -0.1) is 0 Å². The molecule has 2 aromatic carbocycles. The summed E-state index contributed by atoms with van der Waals surface area (Å²) in [5.41, 5.74) is 2.35. The molecule has 6 heteroatoms. The molecular formula is C24H29N3O2S. The first-order valence-electron chi connectivity index (χ1n) is 11.0. The van der Waals surface area contributed by atoms with E-state index in [-0.39, 0.29) is 0 Å². The van der Waals surface area contributed by atoms with Gasteiger partial charge in [-0.2, -0.15) is 0 Å². The van der Waals surface area contributed by atoms with Crippen LogP contribution in [0.4, 0.5) is 0 Å². The summed E-state index contributed by atoms with van der Waals surface area (Å²) in [5, 5.41) is 0.699. The van der Waals surface area contributed by atoms with Gasteiger partial charge in [-0.05, 0) is 49.1 Å². The van der Waals surface area contributed by atoms with Crippen LogP contribution in [0, 0.1) is 0 Å². The number of ether oxygens (including phenoxy) is 2. The third-order valence-electron chi connectivity index (χ3n) is 6.07. The average molecular weight is 424 g/mol.